The van der Waals surface area contributed by atoms with E-state index in [4.69, 9.17) is 0 Å². The van der Waals surface area contributed by atoms with Gasteiger partial charge in [0.2, 0.25) is 15.9 Å². The van der Waals surface area contributed by atoms with Crippen molar-refractivity contribution in [2.45, 2.75) is 19.1 Å². The molecule has 1 atom stereocenters. The Balaban J connectivity index is 2.36. The maximum Gasteiger partial charge on any atom is 0.416 e. The van der Waals surface area contributed by atoms with E-state index in [0.717, 1.165) is 24.5 Å². The first kappa shape index (κ1) is 23.2. The average Bonchev–Trinajstić information content (AvgIpc) is 2.66. The second-order valence-corrected chi connectivity index (χ2v) is 8.20. The quantitative estimate of drug-likeness (QED) is 0.691. The smallest absolute Gasteiger partial charge is 0.416 e. The van der Waals surface area contributed by atoms with Crippen LogP contribution >= 0.6 is 0 Å². The number of halogens is 3. The van der Waals surface area contributed by atoms with Gasteiger partial charge in [-0.1, -0.05) is 12.1 Å². The van der Waals surface area contributed by atoms with Crippen LogP contribution in [0.2, 0.25) is 0 Å². The first-order valence-electron chi connectivity index (χ1n) is 8.50. The van der Waals surface area contributed by atoms with Crippen molar-refractivity contribution in [2.75, 3.05) is 23.0 Å². The number of nitrogens with one attached hydrogen (secondary N) is 1. The molecule has 2 rings (SSSR count). The van der Waals surface area contributed by atoms with E-state index in [-0.39, 0.29) is 16.9 Å². The summed E-state index contributed by atoms with van der Waals surface area (Å²) in [4.78, 5) is 24.3. The third-order valence-electron chi connectivity index (χ3n) is 4.07. The van der Waals surface area contributed by atoms with Crippen LogP contribution in [-0.4, -0.2) is 39.7 Å². The van der Waals surface area contributed by atoms with Gasteiger partial charge in [-0.2, -0.15) is 13.2 Å². The maximum absolute atomic E-state index is 13.0. The number of rotatable bonds is 6. The van der Waals surface area contributed by atoms with Gasteiger partial charge in [0.25, 0.3) is 0 Å². The van der Waals surface area contributed by atoms with Crippen molar-refractivity contribution >= 4 is 33.3 Å². The molecular weight excluding hydrogens is 425 g/mol. The van der Waals surface area contributed by atoms with Crippen molar-refractivity contribution in [3.05, 3.63) is 59.7 Å². The molecule has 11 heteroatoms. The number of carbonyl (C=O) groups is 2. The summed E-state index contributed by atoms with van der Waals surface area (Å²) < 4.78 is 68.8. The van der Waals surface area contributed by atoms with Crippen molar-refractivity contribution in [3.63, 3.8) is 0 Å². The fourth-order valence-corrected chi connectivity index (χ4v) is 3.88. The normalized spacial score (nSPS) is 12.7. The van der Waals surface area contributed by atoms with Gasteiger partial charge in [0.05, 0.1) is 30.2 Å². The average molecular weight is 444 g/mol. The first-order chi connectivity index (χ1) is 13.8. The number of methoxy groups -OCH3 is 1. The van der Waals surface area contributed by atoms with Crippen molar-refractivity contribution in [2.24, 2.45) is 0 Å². The molecule has 162 valence electrons. The van der Waals surface area contributed by atoms with Gasteiger partial charge >= 0.3 is 12.1 Å². The van der Waals surface area contributed by atoms with E-state index in [0.29, 0.717) is 10.4 Å². The zero-order valence-corrected chi connectivity index (χ0v) is 17.0. The van der Waals surface area contributed by atoms with Crippen LogP contribution in [-0.2, 0) is 25.7 Å². The van der Waals surface area contributed by atoms with E-state index in [2.05, 4.69) is 10.1 Å². The predicted molar refractivity (Wildman–Crippen MR) is 105 cm³/mol. The van der Waals surface area contributed by atoms with Gasteiger partial charge in [-0.15, -0.1) is 0 Å². The summed E-state index contributed by atoms with van der Waals surface area (Å²) in [5.41, 5.74) is -1.02. The summed E-state index contributed by atoms with van der Waals surface area (Å²) in [6.07, 6.45) is -3.89. The highest BCUT2D eigenvalue weighted by Gasteiger charge is 2.34. The van der Waals surface area contributed by atoms with Crippen molar-refractivity contribution in [3.8, 4) is 0 Å². The lowest BCUT2D eigenvalue weighted by molar-refractivity contribution is -0.137. The number of anilines is 2. The van der Waals surface area contributed by atoms with E-state index >= 15 is 0 Å². The number of hydrogen-bond acceptors (Lipinski definition) is 5. The van der Waals surface area contributed by atoms with Crippen LogP contribution in [0, 0.1) is 0 Å². The number of esters is 1. The van der Waals surface area contributed by atoms with Crippen LogP contribution in [0.15, 0.2) is 48.5 Å². The number of carbonyl (C=O) groups excluding carboxylic acids is 2. The highest BCUT2D eigenvalue weighted by Crippen LogP contribution is 2.33. The Kier molecular flexibility index (Phi) is 6.76. The molecule has 0 saturated carbocycles. The van der Waals surface area contributed by atoms with Crippen LogP contribution in [0.4, 0.5) is 24.5 Å². The summed E-state index contributed by atoms with van der Waals surface area (Å²) in [7, 11) is -2.92. The summed E-state index contributed by atoms with van der Waals surface area (Å²) in [5, 5.41) is 2.45. The lowest BCUT2D eigenvalue weighted by Crippen LogP contribution is -2.45. The Morgan fingerprint density at radius 1 is 1.10 bits per heavy atom. The zero-order valence-electron chi connectivity index (χ0n) is 16.2. The number of benzene rings is 2. The highest BCUT2D eigenvalue weighted by atomic mass is 32.2. The molecule has 0 aromatic heterocycles. The van der Waals surface area contributed by atoms with Crippen LogP contribution in [0.1, 0.15) is 22.8 Å². The molecule has 0 saturated heterocycles. The van der Waals surface area contributed by atoms with Gasteiger partial charge in [-0.25, -0.2) is 13.2 Å². The minimum absolute atomic E-state index is 0.154. The van der Waals surface area contributed by atoms with E-state index in [1.807, 2.05) is 0 Å². The third-order valence-corrected chi connectivity index (χ3v) is 5.31. The Morgan fingerprint density at radius 2 is 1.73 bits per heavy atom. The summed E-state index contributed by atoms with van der Waals surface area (Å²) in [6, 6.07) is 8.01. The number of amides is 1. The van der Waals surface area contributed by atoms with Crippen LogP contribution < -0.4 is 9.62 Å². The molecule has 0 unspecified atom stereocenters. The largest absolute Gasteiger partial charge is 0.465 e. The van der Waals surface area contributed by atoms with Gasteiger partial charge in [0, 0.05) is 5.69 Å². The molecule has 0 fully saturated rings. The van der Waals surface area contributed by atoms with Gasteiger partial charge in [0.1, 0.15) is 6.04 Å². The van der Waals surface area contributed by atoms with E-state index < -0.39 is 39.7 Å². The molecule has 0 spiro atoms. The standard InChI is InChI=1S/C19H19F3N2O5S/c1-12(17(25)23-15-8-4-6-13(10-15)18(26)29-2)24(30(3,27)28)16-9-5-7-14(11-16)19(20,21)22/h4-12H,1-3H3,(H,23,25)/t12-/m0/s1. The topological polar surface area (TPSA) is 92.8 Å². The van der Waals surface area contributed by atoms with Crippen LogP contribution in [0.25, 0.3) is 0 Å². The molecule has 0 aliphatic carbocycles. The van der Waals surface area contributed by atoms with Crippen molar-refractivity contribution in [1.82, 2.24) is 0 Å². The summed E-state index contributed by atoms with van der Waals surface area (Å²) >= 11 is 0. The SMILES string of the molecule is COC(=O)c1cccc(NC(=O)[C@H](C)N(c2cccc(C(F)(F)F)c2)S(C)(=O)=O)c1. The second kappa shape index (κ2) is 8.74. The third kappa shape index (κ3) is 5.50. The summed E-state index contributed by atoms with van der Waals surface area (Å²) in [5.74, 6) is -1.44. The Morgan fingerprint density at radius 3 is 2.30 bits per heavy atom. The Labute approximate surface area is 171 Å². The molecule has 0 radical (unpaired) electrons. The molecule has 1 amide bonds. The molecule has 0 aliphatic heterocycles. The van der Waals surface area contributed by atoms with Crippen molar-refractivity contribution in [1.29, 1.82) is 0 Å². The van der Waals surface area contributed by atoms with Gasteiger partial charge in [0.15, 0.2) is 0 Å². The number of sulfonamides is 1. The molecule has 30 heavy (non-hydrogen) atoms. The second-order valence-electron chi connectivity index (χ2n) is 6.34. The number of hydrogen-bond donors (Lipinski definition) is 1. The van der Waals surface area contributed by atoms with Gasteiger partial charge in [-0.05, 0) is 43.3 Å². The Bertz CT molecular complexity index is 1050. The van der Waals surface area contributed by atoms with Crippen LogP contribution in [0.5, 0.6) is 0 Å². The minimum atomic E-state index is -4.68. The predicted octanol–water partition coefficient (Wildman–Crippen LogP) is 3.29. The molecule has 0 aliphatic rings. The van der Waals surface area contributed by atoms with Crippen molar-refractivity contribution < 1.29 is 35.9 Å². The fourth-order valence-electron chi connectivity index (χ4n) is 2.72. The molecular formula is C19H19F3N2O5S. The van der Waals surface area contributed by atoms with E-state index in [9.17, 15) is 31.2 Å². The first-order valence-corrected chi connectivity index (χ1v) is 10.4. The highest BCUT2D eigenvalue weighted by molar-refractivity contribution is 7.92. The fraction of sp³-hybridized carbons (Fsp3) is 0.263. The number of ether oxygens (including phenoxy) is 1. The molecule has 0 bridgehead atoms. The number of nitrogens with zero attached hydrogens (tertiary/aromatic N) is 1. The minimum Gasteiger partial charge on any atom is -0.465 e. The van der Waals surface area contributed by atoms with E-state index in [1.54, 1.807) is 0 Å². The van der Waals surface area contributed by atoms with Crippen LogP contribution in [0.3, 0.4) is 0 Å². The molecule has 2 aromatic carbocycles. The molecule has 2 aromatic rings. The van der Waals surface area contributed by atoms with Gasteiger partial charge < -0.3 is 10.1 Å². The zero-order chi connectivity index (χ0) is 22.7. The molecule has 0 heterocycles. The summed E-state index contributed by atoms with van der Waals surface area (Å²) in [6.45, 7) is 1.24. The lowest BCUT2D eigenvalue weighted by Gasteiger charge is -2.28. The lowest BCUT2D eigenvalue weighted by atomic mass is 10.1. The van der Waals surface area contributed by atoms with E-state index in [1.165, 1.54) is 38.3 Å². The molecule has 1 N–H and O–H groups in total. The number of alkyl halides is 3. The van der Waals surface area contributed by atoms with Gasteiger partial charge in [-0.3, -0.25) is 9.10 Å². The maximum atomic E-state index is 13.0. The Hall–Kier alpha value is -3.08. The monoisotopic (exact) mass is 444 g/mol. The molecule has 7 nitrogen and oxygen atoms in total.